The number of anilines is 1. The zero-order valence-electron chi connectivity index (χ0n) is 36.9. The van der Waals surface area contributed by atoms with Crippen molar-refractivity contribution < 1.29 is 27.9 Å². The molecular formula is C45H58N8O6Si2. The first-order valence-corrected chi connectivity index (χ1v) is 26.5. The number of carbonyl (C=O) groups excluding carboxylic acids is 2. The van der Waals surface area contributed by atoms with E-state index in [2.05, 4.69) is 88.1 Å². The number of ketones is 1. The number of carbonyl (C=O) groups is 2. The maximum Gasteiger partial charge on any atom is 0.247 e. The van der Waals surface area contributed by atoms with Gasteiger partial charge in [-0.05, 0) is 58.5 Å². The number of imidazole rings is 1. The molecule has 1 amide bonds. The highest BCUT2D eigenvalue weighted by atomic mass is 28.4. The molecule has 2 aromatic heterocycles. The molecule has 3 aromatic carbocycles. The van der Waals surface area contributed by atoms with Gasteiger partial charge in [0.2, 0.25) is 17.7 Å². The highest BCUT2D eigenvalue weighted by Gasteiger charge is 2.47. The number of benzene rings is 3. The largest absolute Gasteiger partial charge is 0.471 e. The molecule has 1 aliphatic heterocycles. The Kier molecular flexibility index (Phi) is 13.7. The van der Waals surface area contributed by atoms with Crippen molar-refractivity contribution in [2.75, 3.05) is 11.9 Å². The van der Waals surface area contributed by atoms with E-state index in [-0.39, 0.29) is 65.4 Å². The summed E-state index contributed by atoms with van der Waals surface area (Å²) < 4.78 is 28.8. The number of hydrogen-bond donors (Lipinski definition) is 1. The van der Waals surface area contributed by atoms with Gasteiger partial charge in [0.05, 0.1) is 32.0 Å². The van der Waals surface area contributed by atoms with E-state index in [1.54, 1.807) is 42.7 Å². The van der Waals surface area contributed by atoms with Crippen molar-refractivity contribution in [3.63, 3.8) is 0 Å². The average Bonchev–Trinajstić information content (AvgIpc) is 3.81. The Balaban J connectivity index is 1.29. The molecule has 3 atom stereocenters. The highest BCUT2D eigenvalue weighted by Crippen LogP contribution is 2.43. The molecule has 1 fully saturated rings. The van der Waals surface area contributed by atoms with Crippen LogP contribution in [0.5, 0.6) is 5.88 Å². The Morgan fingerprint density at radius 1 is 0.902 bits per heavy atom. The van der Waals surface area contributed by atoms with Crippen molar-refractivity contribution in [1.29, 1.82) is 0 Å². The first-order chi connectivity index (χ1) is 28.8. The number of amides is 1. The summed E-state index contributed by atoms with van der Waals surface area (Å²) >= 11 is 0. The number of rotatable bonds is 16. The summed E-state index contributed by atoms with van der Waals surface area (Å²) in [7, 11) is -4.32. The fraction of sp³-hybridized carbons (Fsp3) is 0.444. The van der Waals surface area contributed by atoms with E-state index in [0.29, 0.717) is 40.9 Å². The third kappa shape index (κ3) is 10.8. The van der Waals surface area contributed by atoms with Crippen LogP contribution in [0.1, 0.15) is 86.8 Å². The molecule has 14 nitrogen and oxygen atoms in total. The highest BCUT2D eigenvalue weighted by molar-refractivity contribution is 6.74. The lowest BCUT2D eigenvalue weighted by atomic mass is 9.98. The molecule has 3 heterocycles. The topological polar surface area (TPSA) is 175 Å². The number of aromatic nitrogens is 4. The fourth-order valence-corrected chi connectivity index (χ4v) is 8.83. The quantitative estimate of drug-likeness (QED) is 0.0333. The predicted molar refractivity (Wildman–Crippen MR) is 241 cm³/mol. The Morgan fingerprint density at radius 3 is 2.25 bits per heavy atom. The van der Waals surface area contributed by atoms with Gasteiger partial charge >= 0.3 is 0 Å². The minimum atomic E-state index is -2.21. The van der Waals surface area contributed by atoms with Crippen molar-refractivity contribution in [1.82, 2.24) is 19.5 Å². The van der Waals surface area contributed by atoms with Crippen molar-refractivity contribution in [3.05, 3.63) is 123 Å². The van der Waals surface area contributed by atoms with E-state index >= 15 is 0 Å². The van der Waals surface area contributed by atoms with Crippen LogP contribution in [0.3, 0.4) is 0 Å². The standard InChI is InChI=1S/C45H58N8O6Si2/c1-44(2,3)60(7,8)57-28-36-35(59-61(9,10)45(4,5)6)25-38(58-36)53-29-47-39-41(53)50-43(49-37(54)24-30-16-12-11-13-17-30)51-42(39)56-27-31-20-22-32(23-21-31)40(55)34-19-15-14-18-33(34)26-48-52-46/h11-23,29,35-36,38H,24-28H2,1-10H3,(H,49,50,51,54)/t35-,36+,38+/m0/s1. The monoisotopic (exact) mass is 862 g/mol. The maximum absolute atomic E-state index is 13.4. The molecule has 0 unspecified atom stereocenters. The lowest BCUT2D eigenvalue weighted by Gasteiger charge is -2.40. The lowest BCUT2D eigenvalue weighted by molar-refractivity contribution is -0.115. The van der Waals surface area contributed by atoms with Crippen LogP contribution in [0.2, 0.25) is 36.3 Å². The zero-order chi connectivity index (χ0) is 44.2. The van der Waals surface area contributed by atoms with Crippen molar-refractivity contribution in [2.45, 2.75) is 122 Å². The summed E-state index contributed by atoms with van der Waals surface area (Å²) in [6, 6.07) is 23.6. The summed E-state index contributed by atoms with van der Waals surface area (Å²) in [5, 5.41) is 6.52. The van der Waals surface area contributed by atoms with E-state index < -0.39 is 22.9 Å². The maximum atomic E-state index is 13.4. The second kappa shape index (κ2) is 18.4. The lowest BCUT2D eigenvalue weighted by Crippen LogP contribution is -2.48. The van der Waals surface area contributed by atoms with Gasteiger partial charge in [-0.15, -0.1) is 0 Å². The van der Waals surface area contributed by atoms with Crippen molar-refractivity contribution >= 4 is 45.4 Å². The Labute approximate surface area is 360 Å². The van der Waals surface area contributed by atoms with Gasteiger partial charge in [-0.2, -0.15) is 9.97 Å². The molecule has 0 bridgehead atoms. The summed E-state index contributed by atoms with van der Waals surface area (Å²) in [6.45, 7) is 22.9. The van der Waals surface area contributed by atoms with Crippen LogP contribution in [-0.2, 0) is 38.0 Å². The fourth-order valence-electron chi connectivity index (χ4n) is 6.46. The second-order valence-corrected chi connectivity index (χ2v) is 28.2. The van der Waals surface area contributed by atoms with E-state index in [9.17, 15) is 9.59 Å². The molecule has 16 heteroatoms. The number of ether oxygens (including phenoxy) is 2. The number of azide groups is 1. The molecule has 1 aliphatic rings. The summed E-state index contributed by atoms with van der Waals surface area (Å²) in [5.74, 6) is -0.229. The van der Waals surface area contributed by atoms with E-state index in [1.165, 1.54) is 0 Å². The zero-order valence-corrected chi connectivity index (χ0v) is 38.9. The Bertz CT molecular complexity index is 2390. The van der Waals surface area contributed by atoms with Crippen LogP contribution in [0.25, 0.3) is 21.6 Å². The van der Waals surface area contributed by atoms with Crippen LogP contribution < -0.4 is 10.1 Å². The van der Waals surface area contributed by atoms with E-state index in [0.717, 1.165) is 11.1 Å². The normalized spacial score (nSPS) is 17.2. The Hall–Kier alpha value is -5.23. The Morgan fingerprint density at radius 2 is 1.57 bits per heavy atom. The van der Waals surface area contributed by atoms with Gasteiger partial charge in [-0.1, -0.05) is 126 Å². The number of fused-ring (bicyclic) bond motifs is 1. The van der Waals surface area contributed by atoms with E-state index in [4.69, 9.17) is 33.8 Å². The van der Waals surface area contributed by atoms with Crippen LogP contribution in [-0.4, -0.2) is 66.7 Å². The minimum absolute atomic E-state index is 0.0146. The molecular weight excluding hydrogens is 805 g/mol. The second-order valence-electron chi connectivity index (χ2n) is 18.6. The van der Waals surface area contributed by atoms with Gasteiger partial charge in [-0.3, -0.25) is 19.5 Å². The molecule has 322 valence electrons. The average molecular weight is 863 g/mol. The summed E-state index contributed by atoms with van der Waals surface area (Å²) in [6.07, 6.45) is 1.29. The van der Waals surface area contributed by atoms with Gasteiger partial charge in [0, 0.05) is 22.5 Å². The van der Waals surface area contributed by atoms with Crippen molar-refractivity contribution in [3.8, 4) is 5.88 Å². The molecule has 0 aliphatic carbocycles. The third-order valence-corrected chi connectivity index (χ3v) is 21.2. The third-order valence-electron chi connectivity index (χ3n) is 12.2. The van der Waals surface area contributed by atoms with Crippen LogP contribution in [0.4, 0.5) is 5.95 Å². The number of nitrogens with one attached hydrogen (secondary N) is 1. The molecule has 0 spiro atoms. The first kappa shape index (κ1) is 45.3. The van der Waals surface area contributed by atoms with Crippen molar-refractivity contribution in [2.24, 2.45) is 5.11 Å². The number of nitrogens with zero attached hydrogens (tertiary/aromatic N) is 7. The van der Waals surface area contributed by atoms with Crippen LogP contribution in [0.15, 0.2) is 90.3 Å². The molecule has 61 heavy (non-hydrogen) atoms. The van der Waals surface area contributed by atoms with Crippen LogP contribution in [0, 0.1) is 0 Å². The van der Waals surface area contributed by atoms with Gasteiger partial charge in [0.1, 0.15) is 18.9 Å². The van der Waals surface area contributed by atoms with Crippen LogP contribution >= 0.6 is 0 Å². The molecule has 0 saturated carbocycles. The molecule has 0 radical (unpaired) electrons. The molecule has 1 N–H and O–H groups in total. The summed E-state index contributed by atoms with van der Waals surface area (Å²) in [4.78, 5) is 43.8. The SMILES string of the molecule is CC(C)(C)[Si](C)(C)OC[C@H]1O[C@@H](n2cnc3c(OCc4ccc(C(=O)c5ccccc5CN=[N+]=[N-])cc4)nc(NC(=O)Cc4ccccc4)nc32)C[C@@H]1O[Si](C)(C)C(C)(C)C. The van der Waals surface area contributed by atoms with E-state index in [1.807, 2.05) is 47.0 Å². The number of hydrogen-bond acceptors (Lipinski definition) is 10. The van der Waals surface area contributed by atoms with Gasteiger partial charge in [-0.25, -0.2) is 4.98 Å². The minimum Gasteiger partial charge on any atom is -0.471 e. The predicted octanol–water partition coefficient (Wildman–Crippen LogP) is 10.3. The smallest absolute Gasteiger partial charge is 0.247 e. The molecule has 1 saturated heterocycles. The van der Waals surface area contributed by atoms with Gasteiger partial charge in [0.25, 0.3) is 0 Å². The first-order valence-electron chi connectivity index (χ1n) is 20.7. The molecule has 5 aromatic rings. The van der Waals surface area contributed by atoms with Gasteiger partial charge < -0.3 is 18.3 Å². The van der Waals surface area contributed by atoms with Gasteiger partial charge in [0.15, 0.2) is 33.6 Å². The molecule has 6 rings (SSSR count). The summed E-state index contributed by atoms with van der Waals surface area (Å²) in [5.41, 5.74) is 12.9.